The molecule has 0 aliphatic carbocycles. The van der Waals surface area contributed by atoms with Crippen molar-refractivity contribution >= 4 is 17.3 Å². The van der Waals surface area contributed by atoms with Crippen LogP contribution in [0.2, 0.25) is 0 Å². The maximum atomic E-state index is 4.95. The highest BCUT2D eigenvalue weighted by Gasteiger charge is 2.28. The Balaban J connectivity index is 1.42. The van der Waals surface area contributed by atoms with E-state index in [1.54, 1.807) is 11.3 Å². The van der Waals surface area contributed by atoms with Crippen LogP contribution in [-0.4, -0.2) is 72.1 Å². The van der Waals surface area contributed by atoms with E-state index >= 15 is 0 Å². The molecule has 2 saturated heterocycles. The van der Waals surface area contributed by atoms with Gasteiger partial charge in [-0.05, 0) is 85.5 Å². The van der Waals surface area contributed by atoms with Gasteiger partial charge in [0.25, 0.3) is 0 Å². The van der Waals surface area contributed by atoms with Crippen molar-refractivity contribution in [2.75, 3.05) is 45.8 Å². The quantitative estimate of drug-likeness (QED) is 0.485. The van der Waals surface area contributed by atoms with Gasteiger partial charge in [0.1, 0.15) is 0 Å². The Hall–Kier alpha value is -1.18. The molecule has 2 aliphatic heterocycles. The van der Waals surface area contributed by atoms with E-state index in [2.05, 4.69) is 58.5 Å². The van der Waals surface area contributed by atoms with Gasteiger partial charge in [0.15, 0.2) is 5.96 Å². The number of rotatable bonds is 8. The number of likely N-dealkylation sites (tertiary alicyclic amines) is 2. The molecule has 0 unspecified atom stereocenters. The van der Waals surface area contributed by atoms with Crippen LogP contribution in [0.15, 0.2) is 10.4 Å². The molecule has 2 fully saturated rings. The zero-order chi connectivity index (χ0) is 21.4. The lowest BCUT2D eigenvalue weighted by Crippen LogP contribution is -2.50. The highest BCUT2D eigenvalue weighted by atomic mass is 32.1. The highest BCUT2D eigenvalue weighted by Crippen LogP contribution is 2.21. The lowest BCUT2D eigenvalue weighted by Gasteiger charge is -2.40. The second-order valence-corrected chi connectivity index (χ2v) is 10.6. The van der Waals surface area contributed by atoms with Crippen molar-refractivity contribution in [3.63, 3.8) is 0 Å². The molecule has 0 atom stereocenters. The Morgan fingerprint density at radius 1 is 1.17 bits per heavy atom. The second-order valence-electron chi connectivity index (χ2n) is 9.51. The minimum Gasteiger partial charge on any atom is -0.357 e. The molecular formula is C23H42N6S. The zero-order valence-electron chi connectivity index (χ0n) is 19.5. The van der Waals surface area contributed by atoms with E-state index in [9.17, 15) is 0 Å². The molecule has 0 aromatic carbocycles. The lowest BCUT2D eigenvalue weighted by molar-refractivity contribution is 0.102. The Kier molecular flexibility index (Phi) is 8.96. The average Bonchev–Trinajstić information content (AvgIpc) is 3.16. The minimum atomic E-state index is 0.127. The van der Waals surface area contributed by atoms with Gasteiger partial charge in [0.05, 0.1) is 17.2 Å². The molecule has 1 aromatic rings. The van der Waals surface area contributed by atoms with E-state index in [0.29, 0.717) is 0 Å². The normalized spacial score (nSPS) is 20.5. The Bertz CT molecular complexity index is 656. The smallest absolute Gasteiger partial charge is 0.191 e. The van der Waals surface area contributed by atoms with Crippen LogP contribution in [0.5, 0.6) is 0 Å². The number of guanidine groups is 1. The first-order valence-corrected chi connectivity index (χ1v) is 12.7. The number of aliphatic imine (C=N–C) groups is 1. The fourth-order valence-electron chi connectivity index (χ4n) is 4.51. The second kappa shape index (κ2) is 11.4. The van der Waals surface area contributed by atoms with Crippen LogP contribution in [0.25, 0.3) is 0 Å². The standard InChI is InChI=1S/C23H42N6S/c1-5-24-22(26-18-23(3,4)29-11-7-6-8-12-29)25-15-20-9-13-28(14-10-20)16-21-17-30-19(2)27-21/h17,20H,5-16,18H2,1-4H3,(H2,24,25,26). The molecule has 3 rings (SSSR count). The monoisotopic (exact) mass is 434 g/mol. The molecule has 2 aliphatic rings. The van der Waals surface area contributed by atoms with Gasteiger partial charge in [0.2, 0.25) is 0 Å². The van der Waals surface area contributed by atoms with Crippen LogP contribution in [0.3, 0.4) is 0 Å². The molecule has 1 aromatic heterocycles. The third-order valence-corrected chi connectivity index (χ3v) is 7.32. The molecule has 7 heteroatoms. The number of aryl methyl sites for hydroxylation is 1. The van der Waals surface area contributed by atoms with Gasteiger partial charge in [0, 0.05) is 30.6 Å². The number of thiazole rings is 1. The molecule has 3 heterocycles. The van der Waals surface area contributed by atoms with Gasteiger partial charge in [-0.15, -0.1) is 11.3 Å². The zero-order valence-corrected chi connectivity index (χ0v) is 20.4. The number of piperidine rings is 2. The third-order valence-electron chi connectivity index (χ3n) is 6.50. The van der Waals surface area contributed by atoms with Crippen molar-refractivity contribution in [2.24, 2.45) is 10.9 Å². The van der Waals surface area contributed by atoms with Gasteiger partial charge in [-0.2, -0.15) is 0 Å². The summed E-state index contributed by atoms with van der Waals surface area (Å²) in [7, 11) is 0. The van der Waals surface area contributed by atoms with E-state index < -0.39 is 0 Å². The van der Waals surface area contributed by atoms with Crippen molar-refractivity contribution < 1.29 is 0 Å². The Morgan fingerprint density at radius 2 is 1.90 bits per heavy atom. The molecule has 0 saturated carbocycles. The number of nitrogens with zero attached hydrogens (tertiary/aromatic N) is 4. The topological polar surface area (TPSA) is 55.8 Å². The summed E-state index contributed by atoms with van der Waals surface area (Å²) in [6.45, 7) is 17.4. The van der Waals surface area contributed by atoms with Gasteiger partial charge >= 0.3 is 0 Å². The van der Waals surface area contributed by atoms with Crippen LogP contribution >= 0.6 is 11.3 Å². The molecule has 0 amide bonds. The van der Waals surface area contributed by atoms with E-state index in [0.717, 1.165) is 38.1 Å². The summed E-state index contributed by atoms with van der Waals surface area (Å²) in [6, 6.07) is 0. The van der Waals surface area contributed by atoms with Crippen LogP contribution in [-0.2, 0) is 6.54 Å². The average molecular weight is 435 g/mol. The molecule has 0 spiro atoms. The molecule has 30 heavy (non-hydrogen) atoms. The maximum absolute atomic E-state index is 4.95. The van der Waals surface area contributed by atoms with Crippen molar-refractivity contribution in [1.82, 2.24) is 25.4 Å². The lowest BCUT2D eigenvalue weighted by atomic mass is 9.97. The van der Waals surface area contributed by atoms with E-state index in [1.165, 1.54) is 69.0 Å². The van der Waals surface area contributed by atoms with Crippen LogP contribution < -0.4 is 10.6 Å². The molecular weight excluding hydrogens is 392 g/mol. The predicted molar refractivity (Wildman–Crippen MR) is 128 cm³/mol. The summed E-state index contributed by atoms with van der Waals surface area (Å²) in [5.41, 5.74) is 1.36. The van der Waals surface area contributed by atoms with Crippen molar-refractivity contribution in [3.05, 3.63) is 16.1 Å². The summed E-state index contributed by atoms with van der Waals surface area (Å²) < 4.78 is 0. The molecule has 2 N–H and O–H groups in total. The minimum absolute atomic E-state index is 0.127. The molecule has 0 bridgehead atoms. The van der Waals surface area contributed by atoms with Gasteiger partial charge in [-0.1, -0.05) is 6.42 Å². The first kappa shape index (κ1) is 23.5. The van der Waals surface area contributed by atoms with Gasteiger partial charge in [-0.3, -0.25) is 14.8 Å². The molecule has 0 radical (unpaired) electrons. The SMILES string of the molecule is CCNC(=NCC(C)(C)N1CCCCC1)NCC1CCN(Cc2csc(C)n2)CC1. The number of hydrogen-bond donors (Lipinski definition) is 2. The molecule has 6 nitrogen and oxygen atoms in total. The van der Waals surface area contributed by atoms with Crippen molar-refractivity contribution in [3.8, 4) is 0 Å². The fraction of sp³-hybridized carbons (Fsp3) is 0.826. The summed E-state index contributed by atoms with van der Waals surface area (Å²) >= 11 is 1.75. The molecule has 170 valence electrons. The maximum Gasteiger partial charge on any atom is 0.191 e. The summed E-state index contributed by atoms with van der Waals surface area (Å²) in [5.74, 6) is 1.69. The van der Waals surface area contributed by atoms with Crippen LogP contribution in [0.4, 0.5) is 0 Å². The van der Waals surface area contributed by atoms with Crippen LogP contribution in [0, 0.1) is 12.8 Å². The largest absolute Gasteiger partial charge is 0.357 e. The summed E-state index contributed by atoms with van der Waals surface area (Å²) in [6.07, 6.45) is 6.52. The predicted octanol–water partition coefficient (Wildman–Crippen LogP) is 3.48. The first-order chi connectivity index (χ1) is 14.5. The first-order valence-electron chi connectivity index (χ1n) is 11.9. The van der Waals surface area contributed by atoms with Crippen LogP contribution in [0.1, 0.15) is 63.6 Å². The fourth-order valence-corrected chi connectivity index (χ4v) is 5.12. The highest BCUT2D eigenvalue weighted by molar-refractivity contribution is 7.09. The summed E-state index contributed by atoms with van der Waals surface area (Å²) in [5, 5.41) is 10.4. The summed E-state index contributed by atoms with van der Waals surface area (Å²) in [4.78, 5) is 14.7. The van der Waals surface area contributed by atoms with Gasteiger partial charge in [-0.25, -0.2) is 4.98 Å². The van der Waals surface area contributed by atoms with E-state index in [-0.39, 0.29) is 5.54 Å². The number of nitrogens with one attached hydrogen (secondary N) is 2. The Morgan fingerprint density at radius 3 is 2.53 bits per heavy atom. The van der Waals surface area contributed by atoms with Gasteiger partial charge < -0.3 is 10.6 Å². The Labute approximate surface area is 187 Å². The van der Waals surface area contributed by atoms with E-state index in [4.69, 9.17) is 4.99 Å². The third kappa shape index (κ3) is 7.20. The number of aromatic nitrogens is 1. The van der Waals surface area contributed by atoms with Crippen molar-refractivity contribution in [1.29, 1.82) is 0 Å². The van der Waals surface area contributed by atoms with Crippen molar-refractivity contribution in [2.45, 2.75) is 71.9 Å². The van der Waals surface area contributed by atoms with E-state index in [1.807, 2.05) is 0 Å². The number of hydrogen-bond acceptors (Lipinski definition) is 5.